The Labute approximate surface area is 97.2 Å². The highest BCUT2D eigenvalue weighted by molar-refractivity contribution is 7.80. The van der Waals surface area contributed by atoms with Crippen LogP contribution in [0, 0.1) is 5.92 Å². The Morgan fingerprint density at radius 3 is 2.60 bits per heavy atom. The van der Waals surface area contributed by atoms with Crippen molar-refractivity contribution < 1.29 is 4.79 Å². The van der Waals surface area contributed by atoms with Crippen molar-refractivity contribution in [2.24, 2.45) is 5.92 Å². The van der Waals surface area contributed by atoms with Gasteiger partial charge in [0.25, 0.3) is 0 Å². The van der Waals surface area contributed by atoms with E-state index in [1.54, 1.807) is 0 Å². The molecule has 1 atom stereocenters. The molecule has 0 saturated carbocycles. The Balaban J connectivity index is 1.91. The zero-order valence-electron chi connectivity index (χ0n) is 9.35. The molecular weight excluding hydrogens is 208 g/mol. The fourth-order valence-corrected chi connectivity index (χ4v) is 2.83. The first-order valence-electron chi connectivity index (χ1n) is 5.79. The molecule has 86 valence electrons. The van der Waals surface area contributed by atoms with Crippen LogP contribution in [0.2, 0.25) is 0 Å². The fourth-order valence-electron chi connectivity index (χ4n) is 2.59. The van der Waals surface area contributed by atoms with Gasteiger partial charge in [-0.3, -0.25) is 4.79 Å². The predicted octanol–water partition coefficient (Wildman–Crippen LogP) is 0.859. The molecule has 3 nitrogen and oxygen atoms in total. The summed E-state index contributed by atoms with van der Waals surface area (Å²) in [5.74, 6) is 1.68. The van der Waals surface area contributed by atoms with E-state index in [9.17, 15) is 4.79 Å². The van der Waals surface area contributed by atoms with Crippen LogP contribution in [0.4, 0.5) is 0 Å². The topological polar surface area (TPSA) is 23.6 Å². The minimum atomic E-state index is 0.351. The van der Waals surface area contributed by atoms with Crippen LogP contribution in [-0.2, 0) is 4.79 Å². The maximum atomic E-state index is 11.8. The van der Waals surface area contributed by atoms with E-state index in [2.05, 4.69) is 29.5 Å². The summed E-state index contributed by atoms with van der Waals surface area (Å²) in [5.41, 5.74) is 0. The van der Waals surface area contributed by atoms with E-state index in [0.29, 0.717) is 17.9 Å². The number of likely N-dealkylation sites (tertiary alicyclic amines) is 2. The Hall–Kier alpha value is -0.220. The number of amides is 1. The van der Waals surface area contributed by atoms with Crippen molar-refractivity contribution in [3.05, 3.63) is 0 Å². The van der Waals surface area contributed by atoms with E-state index >= 15 is 0 Å². The van der Waals surface area contributed by atoms with Gasteiger partial charge >= 0.3 is 0 Å². The van der Waals surface area contributed by atoms with Crippen molar-refractivity contribution in [1.82, 2.24) is 9.80 Å². The average molecular weight is 228 g/mol. The quantitative estimate of drug-likeness (QED) is 0.709. The largest absolute Gasteiger partial charge is 0.339 e. The van der Waals surface area contributed by atoms with Gasteiger partial charge in [0.15, 0.2) is 0 Å². The highest BCUT2D eigenvalue weighted by atomic mass is 32.1. The fraction of sp³-hybridized carbons (Fsp3) is 0.909. The first kappa shape index (κ1) is 11.3. The third-order valence-corrected chi connectivity index (χ3v) is 4.14. The van der Waals surface area contributed by atoms with Crippen molar-refractivity contribution in [3.63, 3.8) is 0 Å². The van der Waals surface area contributed by atoms with Gasteiger partial charge in [-0.25, -0.2) is 0 Å². The number of hydrogen-bond donors (Lipinski definition) is 1. The van der Waals surface area contributed by atoms with Crippen molar-refractivity contribution in [1.29, 1.82) is 0 Å². The number of thiol groups is 1. The van der Waals surface area contributed by atoms with Gasteiger partial charge in [0, 0.05) is 19.0 Å². The van der Waals surface area contributed by atoms with Gasteiger partial charge in [-0.15, -0.1) is 0 Å². The van der Waals surface area contributed by atoms with Crippen LogP contribution < -0.4 is 0 Å². The van der Waals surface area contributed by atoms with Crippen LogP contribution in [0.3, 0.4) is 0 Å². The van der Waals surface area contributed by atoms with Crippen molar-refractivity contribution in [2.75, 3.05) is 32.4 Å². The lowest BCUT2D eigenvalue weighted by atomic mass is 10.0. The lowest BCUT2D eigenvalue weighted by Gasteiger charge is -2.35. The maximum absolute atomic E-state index is 11.8. The second-order valence-corrected chi connectivity index (χ2v) is 5.20. The molecule has 1 amide bonds. The van der Waals surface area contributed by atoms with E-state index in [0.717, 1.165) is 44.6 Å². The first-order chi connectivity index (χ1) is 7.20. The minimum Gasteiger partial charge on any atom is -0.339 e. The molecule has 0 spiro atoms. The van der Waals surface area contributed by atoms with E-state index in [-0.39, 0.29) is 0 Å². The number of carbonyl (C=O) groups is 1. The molecule has 4 heteroatoms. The normalized spacial score (nSPS) is 30.1. The zero-order chi connectivity index (χ0) is 10.8. The van der Waals surface area contributed by atoms with Crippen LogP contribution in [0.25, 0.3) is 0 Å². The summed E-state index contributed by atoms with van der Waals surface area (Å²) < 4.78 is 0. The van der Waals surface area contributed by atoms with Gasteiger partial charge in [0.1, 0.15) is 0 Å². The molecule has 2 saturated heterocycles. The molecule has 0 N–H and O–H groups in total. The number of hydrogen-bond acceptors (Lipinski definition) is 3. The summed E-state index contributed by atoms with van der Waals surface area (Å²) in [6.07, 6.45) is 3.00. The molecule has 0 aliphatic carbocycles. The third kappa shape index (κ3) is 2.48. The Morgan fingerprint density at radius 1 is 1.40 bits per heavy atom. The van der Waals surface area contributed by atoms with Crippen LogP contribution in [0.5, 0.6) is 0 Å². The summed E-state index contributed by atoms with van der Waals surface area (Å²) in [4.78, 5) is 16.2. The maximum Gasteiger partial charge on any atom is 0.223 e. The van der Waals surface area contributed by atoms with Gasteiger partial charge in [0.2, 0.25) is 5.91 Å². The highest BCUT2D eigenvalue weighted by Gasteiger charge is 2.34. The molecule has 0 radical (unpaired) electrons. The number of piperidine rings is 1. The molecule has 0 aromatic heterocycles. The molecule has 0 aromatic carbocycles. The van der Waals surface area contributed by atoms with Crippen molar-refractivity contribution >= 4 is 18.5 Å². The Bertz CT molecular complexity index is 239. The lowest BCUT2D eigenvalue weighted by Crippen LogP contribution is -2.44. The molecule has 1 unspecified atom stereocenters. The molecule has 2 aliphatic rings. The number of nitrogens with zero attached hydrogens (tertiary/aromatic N) is 2. The van der Waals surface area contributed by atoms with Crippen LogP contribution in [0.15, 0.2) is 0 Å². The Kier molecular flexibility index (Phi) is 3.57. The summed E-state index contributed by atoms with van der Waals surface area (Å²) in [6, 6.07) is 0.499. The van der Waals surface area contributed by atoms with Gasteiger partial charge in [-0.05, 0) is 44.6 Å². The molecule has 0 aromatic rings. The molecule has 2 fully saturated rings. The van der Waals surface area contributed by atoms with Crippen molar-refractivity contribution in [3.8, 4) is 0 Å². The van der Waals surface area contributed by atoms with Gasteiger partial charge in [0.05, 0.1) is 0 Å². The third-order valence-electron chi connectivity index (χ3n) is 3.63. The van der Waals surface area contributed by atoms with E-state index < -0.39 is 0 Å². The average Bonchev–Trinajstić information content (AvgIpc) is 2.61. The molecule has 2 aliphatic heterocycles. The molecule has 2 heterocycles. The van der Waals surface area contributed by atoms with Crippen molar-refractivity contribution in [2.45, 2.75) is 25.3 Å². The summed E-state index contributed by atoms with van der Waals surface area (Å²) >= 11 is 4.29. The van der Waals surface area contributed by atoms with E-state index in [1.807, 2.05) is 0 Å². The summed E-state index contributed by atoms with van der Waals surface area (Å²) in [7, 11) is 2.15. The van der Waals surface area contributed by atoms with E-state index in [4.69, 9.17) is 0 Å². The zero-order valence-corrected chi connectivity index (χ0v) is 10.2. The summed E-state index contributed by atoms with van der Waals surface area (Å²) in [5, 5.41) is 0. The van der Waals surface area contributed by atoms with Gasteiger partial charge < -0.3 is 9.80 Å². The minimum absolute atomic E-state index is 0.351. The standard InChI is InChI=1S/C11H20N2OS/c1-12-4-2-10(3-5-12)13-7-9(8-15)6-11(13)14/h9-10,15H,2-8H2,1H3. The number of rotatable bonds is 2. The van der Waals surface area contributed by atoms with Gasteiger partial charge in [-0.1, -0.05) is 0 Å². The number of carbonyl (C=O) groups excluding carboxylic acids is 1. The van der Waals surface area contributed by atoms with Crippen LogP contribution in [0.1, 0.15) is 19.3 Å². The molecule has 2 rings (SSSR count). The predicted molar refractivity (Wildman–Crippen MR) is 64.2 cm³/mol. The molecular formula is C11H20N2OS. The monoisotopic (exact) mass is 228 g/mol. The van der Waals surface area contributed by atoms with E-state index in [1.165, 1.54) is 0 Å². The van der Waals surface area contributed by atoms with Crippen LogP contribution >= 0.6 is 12.6 Å². The second kappa shape index (κ2) is 4.74. The SMILES string of the molecule is CN1CCC(N2CC(CS)CC2=O)CC1. The second-order valence-electron chi connectivity index (χ2n) is 4.83. The first-order valence-corrected chi connectivity index (χ1v) is 6.43. The highest BCUT2D eigenvalue weighted by Crippen LogP contribution is 2.25. The molecule has 0 bridgehead atoms. The van der Waals surface area contributed by atoms with Gasteiger partial charge in [-0.2, -0.15) is 12.6 Å². The lowest BCUT2D eigenvalue weighted by molar-refractivity contribution is -0.130. The summed E-state index contributed by atoms with van der Waals surface area (Å²) in [6.45, 7) is 3.19. The molecule has 15 heavy (non-hydrogen) atoms. The van der Waals surface area contributed by atoms with Crippen LogP contribution in [-0.4, -0.2) is 54.2 Å². The Morgan fingerprint density at radius 2 is 2.07 bits per heavy atom. The smallest absolute Gasteiger partial charge is 0.223 e.